The number of hydrogen-bond donors (Lipinski definition) is 2. The lowest BCUT2D eigenvalue weighted by molar-refractivity contribution is -0.134. The van der Waals surface area contributed by atoms with Crippen molar-refractivity contribution in [1.29, 1.82) is 0 Å². The van der Waals surface area contributed by atoms with Crippen LogP contribution in [0.4, 0.5) is 0 Å². The number of aromatic nitrogens is 2. The fraction of sp³-hybridized carbons (Fsp3) is 0.522. The van der Waals surface area contributed by atoms with Crippen molar-refractivity contribution in [3.8, 4) is 11.3 Å². The smallest absolute Gasteiger partial charge is 0.357 e. The maximum absolute atomic E-state index is 12.8. The molecule has 2 aromatic rings. The highest BCUT2D eigenvalue weighted by Crippen LogP contribution is 2.55. The molecule has 6 heteroatoms. The van der Waals surface area contributed by atoms with E-state index in [1.54, 1.807) is 13.0 Å². The number of aromatic amines is 1. The lowest BCUT2D eigenvalue weighted by Crippen LogP contribution is -2.61. The number of nitrogens with zero attached hydrogens (tertiary/aromatic N) is 1. The second-order valence-corrected chi connectivity index (χ2v) is 9.27. The molecule has 1 atom stereocenters. The van der Waals surface area contributed by atoms with Crippen molar-refractivity contribution in [3.05, 3.63) is 42.1 Å². The van der Waals surface area contributed by atoms with Crippen molar-refractivity contribution in [1.82, 2.24) is 15.5 Å². The first-order valence-corrected chi connectivity index (χ1v) is 10.6. The molecule has 1 aromatic heterocycles. The molecule has 1 heterocycles. The first kappa shape index (κ1) is 18.4. The highest BCUT2D eigenvalue weighted by molar-refractivity contribution is 5.91. The summed E-state index contributed by atoms with van der Waals surface area (Å²) in [5, 5.41) is 10.2. The number of ether oxygens (including phenoxy) is 1. The van der Waals surface area contributed by atoms with Gasteiger partial charge in [0.2, 0.25) is 0 Å². The monoisotopic (exact) mass is 393 g/mol. The molecular formula is C23H27N3O3. The predicted octanol–water partition coefficient (Wildman–Crippen LogP) is 3.71. The molecule has 1 amide bonds. The molecule has 1 aromatic carbocycles. The standard InChI is InChI=1S/C23H27N3O3/c1-14(21(27)24-23-11-15-7-16(12-23)9-17(8-15)13-23)29-22(28)20-10-19(25-26-20)18-5-3-2-4-6-18/h2-6,10,14-17H,7-9,11-13H2,1H3,(H,24,27)(H,25,26)/t14-,15?,16?,17?,23?/m0/s1. The van der Waals surface area contributed by atoms with Crippen LogP contribution in [-0.4, -0.2) is 33.7 Å². The van der Waals surface area contributed by atoms with E-state index >= 15 is 0 Å². The van der Waals surface area contributed by atoms with Crippen molar-refractivity contribution in [2.45, 2.75) is 57.1 Å². The van der Waals surface area contributed by atoms with E-state index < -0.39 is 12.1 Å². The first-order chi connectivity index (χ1) is 14.0. The summed E-state index contributed by atoms with van der Waals surface area (Å²) >= 11 is 0. The van der Waals surface area contributed by atoms with Crippen molar-refractivity contribution < 1.29 is 14.3 Å². The van der Waals surface area contributed by atoms with Crippen LogP contribution in [0.5, 0.6) is 0 Å². The summed E-state index contributed by atoms with van der Waals surface area (Å²) in [6.45, 7) is 1.64. The van der Waals surface area contributed by atoms with Gasteiger partial charge in [-0.1, -0.05) is 30.3 Å². The Hall–Kier alpha value is -2.63. The zero-order valence-corrected chi connectivity index (χ0v) is 16.7. The third-order valence-electron chi connectivity index (χ3n) is 6.95. The van der Waals surface area contributed by atoms with Gasteiger partial charge < -0.3 is 10.1 Å². The summed E-state index contributed by atoms with van der Waals surface area (Å²) in [6, 6.07) is 11.3. The molecular weight excluding hydrogens is 366 g/mol. The quantitative estimate of drug-likeness (QED) is 0.759. The van der Waals surface area contributed by atoms with E-state index in [2.05, 4.69) is 15.5 Å². The zero-order valence-electron chi connectivity index (χ0n) is 16.7. The molecule has 0 unspecified atom stereocenters. The molecule has 152 valence electrons. The van der Waals surface area contributed by atoms with Crippen molar-refractivity contribution in [2.75, 3.05) is 0 Å². The summed E-state index contributed by atoms with van der Waals surface area (Å²) < 4.78 is 5.44. The van der Waals surface area contributed by atoms with Crippen LogP contribution in [0.2, 0.25) is 0 Å². The first-order valence-electron chi connectivity index (χ1n) is 10.6. The fourth-order valence-corrected chi connectivity index (χ4v) is 6.09. The van der Waals surface area contributed by atoms with Gasteiger partial charge in [0, 0.05) is 11.1 Å². The van der Waals surface area contributed by atoms with Crippen molar-refractivity contribution in [3.63, 3.8) is 0 Å². The third kappa shape index (κ3) is 3.56. The number of hydrogen-bond acceptors (Lipinski definition) is 4. The minimum Gasteiger partial charge on any atom is -0.448 e. The van der Waals surface area contributed by atoms with Gasteiger partial charge in [-0.3, -0.25) is 9.89 Å². The Morgan fingerprint density at radius 1 is 1.10 bits per heavy atom. The second kappa shape index (κ2) is 7.01. The Kier molecular flexibility index (Phi) is 4.45. The molecule has 0 radical (unpaired) electrons. The number of carbonyl (C=O) groups is 2. The van der Waals surface area contributed by atoms with Gasteiger partial charge in [0.1, 0.15) is 5.69 Å². The van der Waals surface area contributed by atoms with Crippen LogP contribution in [0.25, 0.3) is 11.3 Å². The largest absolute Gasteiger partial charge is 0.448 e. The number of carbonyl (C=O) groups excluding carboxylic acids is 2. The Balaban J connectivity index is 1.21. The molecule has 29 heavy (non-hydrogen) atoms. The summed E-state index contributed by atoms with van der Waals surface area (Å²) in [6.07, 6.45) is 6.36. The Morgan fingerprint density at radius 3 is 2.34 bits per heavy atom. The van der Waals surface area contributed by atoms with Crippen LogP contribution in [0.15, 0.2) is 36.4 Å². The topological polar surface area (TPSA) is 84.1 Å². The summed E-state index contributed by atoms with van der Waals surface area (Å²) in [5.41, 5.74) is 1.75. The van der Waals surface area contributed by atoms with Gasteiger partial charge in [-0.2, -0.15) is 5.10 Å². The van der Waals surface area contributed by atoms with E-state index in [0.717, 1.165) is 42.6 Å². The third-order valence-corrected chi connectivity index (χ3v) is 6.95. The number of esters is 1. The van der Waals surface area contributed by atoms with Gasteiger partial charge in [0.25, 0.3) is 5.91 Å². The number of H-pyrrole nitrogens is 1. The van der Waals surface area contributed by atoms with Crippen LogP contribution in [0, 0.1) is 17.8 Å². The summed E-state index contributed by atoms with van der Waals surface area (Å²) in [4.78, 5) is 25.3. The van der Waals surface area contributed by atoms with Gasteiger partial charge in [-0.15, -0.1) is 0 Å². The minimum absolute atomic E-state index is 0.0824. The van der Waals surface area contributed by atoms with E-state index in [-0.39, 0.29) is 17.1 Å². The molecule has 4 saturated carbocycles. The Morgan fingerprint density at radius 2 is 1.72 bits per heavy atom. The Bertz CT molecular complexity index is 885. The molecule has 6 nitrogen and oxygen atoms in total. The molecule has 0 aliphatic heterocycles. The summed E-state index contributed by atoms with van der Waals surface area (Å²) in [5.74, 6) is 1.50. The van der Waals surface area contributed by atoms with Crippen LogP contribution in [0.1, 0.15) is 55.9 Å². The van der Waals surface area contributed by atoms with Gasteiger partial charge in [0.05, 0.1) is 5.69 Å². The zero-order chi connectivity index (χ0) is 20.0. The molecule has 2 N–H and O–H groups in total. The maximum atomic E-state index is 12.8. The van der Waals surface area contributed by atoms with E-state index in [1.807, 2.05) is 30.3 Å². The van der Waals surface area contributed by atoms with Gasteiger partial charge in [-0.25, -0.2) is 4.79 Å². The van der Waals surface area contributed by atoms with E-state index in [1.165, 1.54) is 19.3 Å². The van der Waals surface area contributed by atoms with Crippen LogP contribution < -0.4 is 5.32 Å². The Labute approximate surface area is 170 Å². The second-order valence-electron chi connectivity index (χ2n) is 9.27. The number of rotatable bonds is 5. The van der Waals surface area contributed by atoms with Crippen LogP contribution in [-0.2, 0) is 9.53 Å². The number of benzene rings is 1. The molecule has 0 spiro atoms. The van der Waals surface area contributed by atoms with Gasteiger partial charge in [-0.05, 0) is 69.3 Å². The van der Waals surface area contributed by atoms with E-state index in [0.29, 0.717) is 5.69 Å². The normalized spacial score (nSPS) is 30.7. The van der Waals surface area contributed by atoms with Crippen LogP contribution in [0.3, 0.4) is 0 Å². The van der Waals surface area contributed by atoms with E-state index in [4.69, 9.17) is 4.74 Å². The van der Waals surface area contributed by atoms with Gasteiger partial charge >= 0.3 is 5.97 Å². The average Bonchev–Trinajstić information content (AvgIpc) is 3.17. The summed E-state index contributed by atoms with van der Waals surface area (Å²) in [7, 11) is 0. The lowest BCUT2D eigenvalue weighted by atomic mass is 9.53. The predicted molar refractivity (Wildman–Crippen MR) is 108 cm³/mol. The lowest BCUT2D eigenvalue weighted by Gasteiger charge is -2.57. The highest BCUT2D eigenvalue weighted by Gasteiger charge is 2.51. The fourth-order valence-electron chi connectivity index (χ4n) is 6.09. The van der Waals surface area contributed by atoms with Crippen molar-refractivity contribution >= 4 is 11.9 Å². The highest BCUT2D eigenvalue weighted by atomic mass is 16.5. The average molecular weight is 393 g/mol. The number of amides is 1. The van der Waals surface area contributed by atoms with Crippen LogP contribution >= 0.6 is 0 Å². The van der Waals surface area contributed by atoms with Crippen molar-refractivity contribution in [2.24, 2.45) is 17.8 Å². The molecule has 4 aliphatic carbocycles. The SMILES string of the molecule is C[C@H](OC(=O)c1cc(-c2ccccc2)n[nH]1)C(=O)NC12CC3CC(CC(C3)C1)C2. The number of nitrogens with one attached hydrogen (secondary N) is 2. The maximum Gasteiger partial charge on any atom is 0.357 e. The molecule has 4 aliphatic rings. The van der Waals surface area contributed by atoms with Gasteiger partial charge in [0.15, 0.2) is 6.10 Å². The molecule has 0 saturated heterocycles. The molecule has 6 rings (SSSR count). The van der Waals surface area contributed by atoms with E-state index in [9.17, 15) is 9.59 Å². The molecule has 4 bridgehead atoms. The minimum atomic E-state index is -0.834. The molecule has 4 fully saturated rings.